The van der Waals surface area contributed by atoms with Crippen molar-refractivity contribution in [2.45, 2.75) is 25.6 Å². The average molecular weight is 230 g/mol. The minimum absolute atomic E-state index is 0.535. The van der Waals surface area contributed by atoms with Crippen LogP contribution in [-0.2, 0) is 0 Å². The quantitative estimate of drug-likeness (QED) is 0.549. The van der Waals surface area contributed by atoms with Gasteiger partial charge in [-0.1, -0.05) is 22.6 Å². The zero-order valence-corrected chi connectivity index (χ0v) is 7.00. The van der Waals surface area contributed by atoms with Crippen LogP contribution in [0.4, 0.5) is 0 Å². The Morgan fingerprint density at radius 2 is 2.00 bits per heavy atom. The summed E-state index contributed by atoms with van der Waals surface area (Å²) in [6.45, 7) is 1.59. The molecule has 2 N–H and O–H groups in total. The van der Waals surface area contributed by atoms with Crippen LogP contribution in [0.1, 0.15) is 13.3 Å². The molecule has 0 aliphatic heterocycles. The van der Waals surface area contributed by atoms with Gasteiger partial charge in [0.05, 0.1) is 12.2 Å². The topological polar surface area (TPSA) is 40.5 Å². The molecular weight excluding hydrogens is 219 g/mol. The van der Waals surface area contributed by atoms with Gasteiger partial charge in [0, 0.05) is 4.43 Å². The van der Waals surface area contributed by atoms with Gasteiger partial charge in [0.15, 0.2) is 0 Å². The Balaban J connectivity index is 3.17. The smallest absolute Gasteiger partial charge is 0.0803 e. The van der Waals surface area contributed by atoms with Crippen LogP contribution in [0, 0.1) is 0 Å². The van der Waals surface area contributed by atoms with Crippen molar-refractivity contribution >= 4 is 22.6 Å². The first-order chi connectivity index (χ1) is 3.68. The number of halogens is 1. The second-order valence-corrected chi connectivity index (χ2v) is 2.86. The van der Waals surface area contributed by atoms with E-state index >= 15 is 0 Å². The van der Waals surface area contributed by atoms with E-state index in [9.17, 15) is 0 Å². The predicted molar refractivity (Wildman–Crippen MR) is 41.2 cm³/mol. The third kappa shape index (κ3) is 3.63. The second-order valence-electron chi connectivity index (χ2n) is 1.79. The molecule has 0 aromatic heterocycles. The van der Waals surface area contributed by atoms with Crippen LogP contribution in [0.25, 0.3) is 0 Å². The molecule has 0 saturated carbocycles. The molecule has 0 fully saturated rings. The lowest BCUT2D eigenvalue weighted by Gasteiger charge is -2.10. The van der Waals surface area contributed by atoms with Gasteiger partial charge in [-0.05, 0) is 13.3 Å². The maximum atomic E-state index is 8.87. The summed E-state index contributed by atoms with van der Waals surface area (Å²) in [6, 6.07) is 0. The molecule has 0 spiro atoms. The molecule has 0 aromatic carbocycles. The van der Waals surface area contributed by atoms with Gasteiger partial charge in [0.1, 0.15) is 0 Å². The van der Waals surface area contributed by atoms with Crippen molar-refractivity contribution in [2.75, 3.05) is 4.43 Å². The van der Waals surface area contributed by atoms with Gasteiger partial charge in [0.25, 0.3) is 0 Å². The number of rotatable bonds is 3. The second kappa shape index (κ2) is 4.52. The lowest BCUT2D eigenvalue weighted by Crippen LogP contribution is -2.22. The number of hydrogen-bond donors (Lipinski definition) is 2. The van der Waals surface area contributed by atoms with Crippen molar-refractivity contribution in [3.63, 3.8) is 0 Å². The van der Waals surface area contributed by atoms with Crippen molar-refractivity contribution in [3.8, 4) is 0 Å². The van der Waals surface area contributed by atoms with Crippen LogP contribution in [0.15, 0.2) is 0 Å². The molecule has 2 atom stereocenters. The maximum Gasteiger partial charge on any atom is 0.0803 e. The summed E-state index contributed by atoms with van der Waals surface area (Å²) >= 11 is 2.16. The first kappa shape index (κ1) is 8.65. The van der Waals surface area contributed by atoms with Crippen molar-refractivity contribution in [1.29, 1.82) is 0 Å². The van der Waals surface area contributed by atoms with Gasteiger partial charge < -0.3 is 10.2 Å². The van der Waals surface area contributed by atoms with E-state index in [4.69, 9.17) is 10.2 Å². The van der Waals surface area contributed by atoms with E-state index in [0.717, 1.165) is 4.43 Å². The largest absolute Gasteiger partial charge is 0.391 e. The van der Waals surface area contributed by atoms with Crippen molar-refractivity contribution in [1.82, 2.24) is 0 Å². The van der Waals surface area contributed by atoms with E-state index < -0.39 is 12.2 Å². The lowest BCUT2D eigenvalue weighted by atomic mass is 10.2. The highest BCUT2D eigenvalue weighted by Gasteiger charge is 2.07. The number of hydrogen-bond acceptors (Lipinski definition) is 2. The molecule has 0 saturated heterocycles. The molecule has 8 heavy (non-hydrogen) atoms. The van der Waals surface area contributed by atoms with E-state index in [0.29, 0.717) is 6.42 Å². The Hall–Kier alpha value is 0.650. The fourth-order valence-electron chi connectivity index (χ4n) is 0.353. The molecule has 0 amide bonds. The Morgan fingerprint density at radius 3 is 2.12 bits per heavy atom. The summed E-state index contributed by atoms with van der Waals surface area (Å²) in [5.74, 6) is 0. The summed E-state index contributed by atoms with van der Waals surface area (Å²) in [6.07, 6.45) is -0.435. The van der Waals surface area contributed by atoms with Crippen LogP contribution >= 0.6 is 22.6 Å². The van der Waals surface area contributed by atoms with Crippen LogP contribution in [-0.4, -0.2) is 26.8 Å². The first-order valence-electron chi connectivity index (χ1n) is 2.60. The Morgan fingerprint density at radius 1 is 1.50 bits per heavy atom. The van der Waals surface area contributed by atoms with Crippen LogP contribution < -0.4 is 0 Å². The Bertz CT molecular complexity index is 56.4. The highest BCUT2D eigenvalue weighted by molar-refractivity contribution is 14.1. The SMILES string of the molecule is CC(O)C(O)CCI. The molecule has 3 heteroatoms. The summed E-state index contributed by atoms with van der Waals surface area (Å²) in [7, 11) is 0. The number of aliphatic hydroxyl groups is 2. The van der Waals surface area contributed by atoms with E-state index in [2.05, 4.69) is 22.6 Å². The Kier molecular flexibility index (Phi) is 4.89. The monoisotopic (exact) mass is 230 g/mol. The van der Waals surface area contributed by atoms with Crippen molar-refractivity contribution < 1.29 is 10.2 Å². The minimum atomic E-state index is -0.579. The fourth-order valence-corrected chi connectivity index (χ4v) is 0.991. The van der Waals surface area contributed by atoms with Gasteiger partial charge in [-0.2, -0.15) is 0 Å². The molecule has 0 bridgehead atoms. The molecule has 2 unspecified atom stereocenters. The van der Waals surface area contributed by atoms with Gasteiger partial charge in [0.2, 0.25) is 0 Å². The zero-order chi connectivity index (χ0) is 6.57. The molecule has 0 rings (SSSR count). The molecular formula is C5H11IO2. The first-order valence-corrected chi connectivity index (χ1v) is 4.13. The zero-order valence-electron chi connectivity index (χ0n) is 4.84. The predicted octanol–water partition coefficient (Wildman–Crippen LogP) is 0.553. The van der Waals surface area contributed by atoms with Crippen molar-refractivity contribution in [2.24, 2.45) is 0 Å². The maximum absolute atomic E-state index is 8.87. The number of alkyl halides is 1. The summed E-state index contributed by atoms with van der Waals surface area (Å²) in [5.41, 5.74) is 0. The van der Waals surface area contributed by atoms with E-state index in [1.54, 1.807) is 6.92 Å². The molecule has 0 heterocycles. The highest BCUT2D eigenvalue weighted by atomic mass is 127. The van der Waals surface area contributed by atoms with Crippen molar-refractivity contribution in [3.05, 3.63) is 0 Å². The van der Waals surface area contributed by atoms with Gasteiger partial charge in [-0.25, -0.2) is 0 Å². The van der Waals surface area contributed by atoms with Crippen LogP contribution in [0.2, 0.25) is 0 Å². The Labute approximate surface area is 63.0 Å². The average Bonchev–Trinajstić information content (AvgIpc) is 1.67. The normalized spacial score (nSPS) is 18.0. The van der Waals surface area contributed by atoms with Gasteiger partial charge in [-0.15, -0.1) is 0 Å². The molecule has 0 radical (unpaired) electrons. The van der Waals surface area contributed by atoms with Crippen LogP contribution in [0.5, 0.6) is 0 Å². The van der Waals surface area contributed by atoms with E-state index in [1.807, 2.05) is 0 Å². The molecule has 0 aromatic rings. The fraction of sp³-hybridized carbons (Fsp3) is 1.00. The minimum Gasteiger partial charge on any atom is -0.391 e. The molecule has 2 nitrogen and oxygen atoms in total. The van der Waals surface area contributed by atoms with Gasteiger partial charge in [-0.3, -0.25) is 0 Å². The number of aliphatic hydroxyl groups excluding tert-OH is 2. The summed E-state index contributed by atoms with van der Waals surface area (Å²) in [4.78, 5) is 0. The van der Waals surface area contributed by atoms with Crippen LogP contribution in [0.3, 0.4) is 0 Å². The molecule has 0 aliphatic rings. The third-order valence-corrected chi connectivity index (χ3v) is 1.58. The summed E-state index contributed by atoms with van der Waals surface area (Å²) in [5, 5.41) is 17.6. The highest BCUT2D eigenvalue weighted by Crippen LogP contribution is 1.99. The third-order valence-electron chi connectivity index (χ3n) is 0.962. The molecule has 0 aliphatic carbocycles. The van der Waals surface area contributed by atoms with E-state index in [1.165, 1.54) is 0 Å². The molecule has 50 valence electrons. The lowest BCUT2D eigenvalue weighted by molar-refractivity contribution is 0.0305. The van der Waals surface area contributed by atoms with Gasteiger partial charge >= 0.3 is 0 Å². The van der Waals surface area contributed by atoms with E-state index in [-0.39, 0.29) is 0 Å². The summed E-state index contributed by atoms with van der Waals surface area (Å²) < 4.78 is 0.893. The standard InChI is InChI=1S/C5H11IO2/c1-4(7)5(8)2-3-6/h4-5,7-8H,2-3H2,1H3.